The standard InChI is InChI=1S/C11H16FNO2/c1-13(5-6-14)8-9-3-4-11(15-2)10(12)7-9/h3-4,7,14H,5-6,8H2,1-2H3. The van der Waals surface area contributed by atoms with Gasteiger partial charge in [-0.05, 0) is 24.7 Å². The maximum atomic E-state index is 13.3. The third-order valence-electron chi connectivity index (χ3n) is 2.15. The van der Waals surface area contributed by atoms with Crippen molar-refractivity contribution >= 4 is 0 Å². The van der Waals surface area contributed by atoms with Crippen molar-refractivity contribution in [3.05, 3.63) is 29.6 Å². The first-order valence-corrected chi connectivity index (χ1v) is 4.79. The molecule has 1 N–H and O–H groups in total. The number of halogens is 1. The van der Waals surface area contributed by atoms with Gasteiger partial charge >= 0.3 is 0 Å². The van der Waals surface area contributed by atoms with E-state index in [-0.39, 0.29) is 18.2 Å². The molecule has 0 saturated heterocycles. The summed E-state index contributed by atoms with van der Waals surface area (Å²) in [6.45, 7) is 1.30. The van der Waals surface area contributed by atoms with E-state index in [0.29, 0.717) is 13.1 Å². The van der Waals surface area contributed by atoms with E-state index in [9.17, 15) is 4.39 Å². The van der Waals surface area contributed by atoms with E-state index in [4.69, 9.17) is 9.84 Å². The van der Waals surface area contributed by atoms with E-state index >= 15 is 0 Å². The minimum Gasteiger partial charge on any atom is -0.494 e. The Bertz CT molecular complexity index is 317. The summed E-state index contributed by atoms with van der Waals surface area (Å²) in [5, 5.41) is 8.72. The Morgan fingerprint density at radius 1 is 1.47 bits per heavy atom. The van der Waals surface area contributed by atoms with E-state index in [1.165, 1.54) is 13.2 Å². The van der Waals surface area contributed by atoms with Gasteiger partial charge in [0.2, 0.25) is 0 Å². The average Bonchev–Trinajstić information content (AvgIpc) is 2.18. The molecule has 0 aliphatic rings. The number of ether oxygens (including phenoxy) is 1. The Hall–Kier alpha value is -1.13. The van der Waals surface area contributed by atoms with Crippen LogP contribution in [0.15, 0.2) is 18.2 Å². The zero-order valence-corrected chi connectivity index (χ0v) is 9.03. The number of likely N-dealkylation sites (N-methyl/N-ethyl adjacent to an activating group) is 1. The molecule has 1 aromatic rings. The Labute approximate surface area is 89.1 Å². The fourth-order valence-corrected chi connectivity index (χ4v) is 1.37. The smallest absolute Gasteiger partial charge is 0.165 e. The average molecular weight is 213 g/mol. The molecule has 0 aromatic heterocycles. The molecule has 0 saturated carbocycles. The molecule has 4 heteroatoms. The third kappa shape index (κ3) is 3.49. The molecule has 1 aromatic carbocycles. The zero-order valence-electron chi connectivity index (χ0n) is 9.03. The number of nitrogens with zero attached hydrogens (tertiary/aromatic N) is 1. The Kier molecular flexibility index (Phi) is 4.52. The van der Waals surface area contributed by atoms with Gasteiger partial charge in [-0.15, -0.1) is 0 Å². The summed E-state index contributed by atoms with van der Waals surface area (Å²) in [5.41, 5.74) is 0.865. The van der Waals surface area contributed by atoms with Gasteiger partial charge in [0, 0.05) is 13.1 Å². The van der Waals surface area contributed by atoms with E-state index in [0.717, 1.165) is 5.56 Å². The summed E-state index contributed by atoms with van der Waals surface area (Å²) >= 11 is 0. The lowest BCUT2D eigenvalue weighted by molar-refractivity contribution is 0.217. The van der Waals surface area contributed by atoms with Gasteiger partial charge in [-0.2, -0.15) is 0 Å². The largest absolute Gasteiger partial charge is 0.494 e. The highest BCUT2D eigenvalue weighted by Crippen LogP contribution is 2.18. The Morgan fingerprint density at radius 2 is 2.20 bits per heavy atom. The van der Waals surface area contributed by atoms with Crippen molar-refractivity contribution < 1.29 is 14.2 Å². The number of hydrogen-bond acceptors (Lipinski definition) is 3. The lowest BCUT2D eigenvalue weighted by Gasteiger charge is -2.15. The molecule has 84 valence electrons. The van der Waals surface area contributed by atoms with Crippen molar-refractivity contribution in [2.45, 2.75) is 6.54 Å². The first-order valence-electron chi connectivity index (χ1n) is 4.79. The molecule has 0 atom stereocenters. The summed E-state index contributed by atoms with van der Waals surface area (Å²) in [5.74, 6) is -0.101. The Morgan fingerprint density at radius 3 is 2.73 bits per heavy atom. The second-order valence-corrected chi connectivity index (χ2v) is 3.43. The highest BCUT2D eigenvalue weighted by atomic mass is 19.1. The number of hydrogen-bond donors (Lipinski definition) is 1. The number of methoxy groups -OCH3 is 1. The molecule has 1 rings (SSSR count). The third-order valence-corrected chi connectivity index (χ3v) is 2.15. The van der Waals surface area contributed by atoms with Gasteiger partial charge in [-0.1, -0.05) is 6.07 Å². The van der Waals surface area contributed by atoms with Crippen LogP contribution >= 0.6 is 0 Å². The van der Waals surface area contributed by atoms with E-state index in [2.05, 4.69) is 0 Å². The van der Waals surface area contributed by atoms with E-state index in [1.807, 2.05) is 18.0 Å². The minimum atomic E-state index is -0.354. The van der Waals surface area contributed by atoms with Crippen LogP contribution in [0.2, 0.25) is 0 Å². The maximum Gasteiger partial charge on any atom is 0.165 e. The molecule has 0 amide bonds. The first-order chi connectivity index (χ1) is 7.17. The molecule has 0 bridgehead atoms. The quantitative estimate of drug-likeness (QED) is 0.799. The van der Waals surface area contributed by atoms with E-state index in [1.54, 1.807) is 6.07 Å². The van der Waals surface area contributed by atoms with Crippen LogP contribution in [-0.2, 0) is 6.54 Å². The topological polar surface area (TPSA) is 32.7 Å². The van der Waals surface area contributed by atoms with E-state index < -0.39 is 0 Å². The van der Waals surface area contributed by atoms with Gasteiger partial charge in [0.25, 0.3) is 0 Å². The number of rotatable bonds is 5. The monoisotopic (exact) mass is 213 g/mol. The summed E-state index contributed by atoms with van der Waals surface area (Å²) in [6, 6.07) is 4.87. The van der Waals surface area contributed by atoms with Gasteiger partial charge in [0.1, 0.15) is 0 Å². The molecular weight excluding hydrogens is 197 g/mol. The molecule has 0 radical (unpaired) electrons. The van der Waals surface area contributed by atoms with Gasteiger partial charge < -0.3 is 9.84 Å². The Balaban J connectivity index is 2.66. The maximum absolute atomic E-state index is 13.3. The molecule has 0 aliphatic carbocycles. The predicted molar refractivity (Wildman–Crippen MR) is 56.4 cm³/mol. The van der Waals surface area contributed by atoms with Crippen molar-refractivity contribution in [2.75, 3.05) is 27.3 Å². The van der Waals surface area contributed by atoms with Crippen molar-refractivity contribution in [3.63, 3.8) is 0 Å². The van der Waals surface area contributed by atoms with Gasteiger partial charge in [0.05, 0.1) is 13.7 Å². The highest BCUT2D eigenvalue weighted by Gasteiger charge is 2.05. The summed E-state index contributed by atoms with van der Waals surface area (Å²) < 4.78 is 18.1. The van der Waals surface area contributed by atoms with Crippen LogP contribution in [-0.4, -0.2) is 37.3 Å². The van der Waals surface area contributed by atoms with Gasteiger partial charge in [0.15, 0.2) is 11.6 Å². The van der Waals surface area contributed by atoms with Crippen molar-refractivity contribution in [1.82, 2.24) is 4.90 Å². The summed E-state index contributed by atoms with van der Waals surface area (Å²) in [4.78, 5) is 1.92. The lowest BCUT2D eigenvalue weighted by atomic mass is 10.2. The fraction of sp³-hybridized carbons (Fsp3) is 0.455. The SMILES string of the molecule is COc1ccc(CN(C)CCO)cc1F. The second-order valence-electron chi connectivity index (χ2n) is 3.43. The number of benzene rings is 1. The molecule has 0 aliphatic heterocycles. The van der Waals surface area contributed by atoms with Crippen LogP contribution in [0.5, 0.6) is 5.75 Å². The van der Waals surface area contributed by atoms with Crippen LogP contribution < -0.4 is 4.74 Å². The molecule has 3 nitrogen and oxygen atoms in total. The van der Waals surface area contributed by atoms with Crippen molar-refractivity contribution in [1.29, 1.82) is 0 Å². The van der Waals surface area contributed by atoms with Gasteiger partial charge in [-0.25, -0.2) is 4.39 Å². The first kappa shape index (κ1) is 11.9. The zero-order chi connectivity index (χ0) is 11.3. The van der Waals surface area contributed by atoms with Crippen molar-refractivity contribution in [3.8, 4) is 5.75 Å². The summed E-state index contributed by atoms with van der Waals surface area (Å²) in [6.07, 6.45) is 0. The molecule has 0 unspecified atom stereocenters. The number of aliphatic hydroxyl groups is 1. The molecular formula is C11H16FNO2. The van der Waals surface area contributed by atoms with Crippen molar-refractivity contribution in [2.24, 2.45) is 0 Å². The fourth-order valence-electron chi connectivity index (χ4n) is 1.37. The predicted octanol–water partition coefficient (Wildman–Crippen LogP) is 1.26. The highest BCUT2D eigenvalue weighted by molar-refractivity contribution is 5.29. The van der Waals surface area contributed by atoms with Crippen LogP contribution in [0.4, 0.5) is 4.39 Å². The minimum absolute atomic E-state index is 0.106. The molecule has 15 heavy (non-hydrogen) atoms. The van der Waals surface area contributed by atoms with Crippen LogP contribution in [0.3, 0.4) is 0 Å². The number of aliphatic hydroxyl groups excluding tert-OH is 1. The molecule has 0 heterocycles. The van der Waals surface area contributed by atoms with Gasteiger partial charge in [-0.3, -0.25) is 4.90 Å². The van der Waals surface area contributed by atoms with Crippen LogP contribution in [0.25, 0.3) is 0 Å². The summed E-state index contributed by atoms with van der Waals surface area (Å²) in [7, 11) is 3.31. The van der Waals surface area contributed by atoms with Crippen LogP contribution in [0, 0.1) is 5.82 Å². The molecule has 0 spiro atoms. The lowest BCUT2D eigenvalue weighted by Crippen LogP contribution is -2.21. The second kappa shape index (κ2) is 5.68. The van der Waals surface area contributed by atoms with Crippen LogP contribution in [0.1, 0.15) is 5.56 Å². The molecule has 0 fully saturated rings. The normalized spacial score (nSPS) is 10.7.